The maximum Gasteiger partial charge on any atom is 0.311 e. The first-order chi connectivity index (χ1) is 11.6. The molecule has 3 N–H and O–H groups in total. The highest BCUT2D eigenvalue weighted by atomic mass is 16.5. The third kappa shape index (κ3) is 1.88. The molecule has 1 spiro atoms. The van der Waals surface area contributed by atoms with E-state index in [1.54, 1.807) is 0 Å². The third-order valence-electron chi connectivity index (χ3n) is 5.57. The molecule has 3 saturated heterocycles. The van der Waals surface area contributed by atoms with Gasteiger partial charge in [0.15, 0.2) is 0 Å². The Balaban J connectivity index is 1.90. The van der Waals surface area contributed by atoms with Crippen LogP contribution in [0.5, 0.6) is 5.88 Å². The molecule has 0 aromatic carbocycles. The summed E-state index contributed by atoms with van der Waals surface area (Å²) in [7, 11) is 1.35. The van der Waals surface area contributed by atoms with Crippen LogP contribution in [0.15, 0.2) is 11.5 Å². The Morgan fingerprint density at radius 1 is 1.58 bits per heavy atom. The van der Waals surface area contributed by atoms with Gasteiger partial charge in [0.05, 0.1) is 30.2 Å². The molecule has 126 valence electrons. The van der Waals surface area contributed by atoms with E-state index >= 15 is 0 Å². The van der Waals surface area contributed by atoms with Crippen LogP contribution in [0.2, 0.25) is 0 Å². The number of nitriles is 1. The van der Waals surface area contributed by atoms with E-state index in [9.17, 15) is 10.1 Å². The summed E-state index contributed by atoms with van der Waals surface area (Å²) in [6.07, 6.45) is 2.04. The number of nitrogens with one attached hydrogen (secondary N) is 1. The number of carbonyl (C=O) groups excluding carboxylic acids is 1. The van der Waals surface area contributed by atoms with Gasteiger partial charge in [0, 0.05) is 6.54 Å². The van der Waals surface area contributed by atoms with Gasteiger partial charge >= 0.3 is 5.97 Å². The van der Waals surface area contributed by atoms with E-state index < -0.39 is 5.41 Å². The summed E-state index contributed by atoms with van der Waals surface area (Å²) in [6.45, 7) is 2.74. The van der Waals surface area contributed by atoms with Crippen LogP contribution >= 0.6 is 0 Å². The summed E-state index contributed by atoms with van der Waals surface area (Å²) >= 11 is 0. The predicted molar refractivity (Wildman–Crippen MR) is 82.6 cm³/mol. The van der Waals surface area contributed by atoms with E-state index in [1.165, 1.54) is 7.11 Å². The molecule has 2 bridgehead atoms. The van der Waals surface area contributed by atoms with Gasteiger partial charge in [-0.05, 0) is 31.8 Å². The summed E-state index contributed by atoms with van der Waals surface area (Å²) in [6, 6.07) is 2.27. The van der Waals surface area contributed by atoms with Crippen molar-refractivity contribution in [3.8, 4) is 11.9 Å². The number of aromatic nitrogens is 2. The zero-order chi connectivity index (χ0) is 16.9. The highest BCUT2D eigenvalue weighted by Gasteiger charge is 2.56. The molecule has 1 atom stereocenters. The topological polar surface area (TPSA) is 117 Å². The van der Waals surface area contributed by atoms with Crippen LogP contribution in [0.25, 0.3) is 0 Å². The van der Waals surface area contributed by atoms with Gasteiger partial charge in [0.1, 0.15) is 11.6 Å². The average molecular weight is 329 g/mol. The molecule has 1 aromatic rings. The molecule has 8 heteroatoms. The second-order valence-electron chi connectivity index (χ2n) is 6.61. The van der Waals surface area contributed by atoms with Crippen molar-refractivity contribution in [2.24, 2.45) is 11.7 Å². The van der Waals surface area contributed by atoms with Crippen LogP contribution in [-0.2, 0) is 21.4 Å². The summed E-state index contributed by atoms with van der Waals surface area (Å²) in [5.74, 6) is 0.417. The van der Waals surface area contributed by atoms with Gasteiger partial charge in [0.25, 0.3) is 0 Å². The number of esters is 1. The first-order valence-corrected chi connectivity index (χ1v) is 8.05. The number of fused-ring (bicyclic) bond motifs is 3. The van der Waals surface area contributed by atoms with Gasteiger partial charge in [-0.3, -0.25) is 9.89 Å². The van der Waals surface area contributed by atoms with E-state index in [0.29, 0.717) is 23.7 Å². The van der Waals surface area contributed by atoms with Gasteiger partial charge in [-0.25, -0.2) is 0 Å². The highest BCUT2D eigenvalue weighted by molar-refractivity contribution is 5.73. The van der Waals surface area contributed by atoms with E-state index in [2.05, 4.69) is 21.2 Å². The number of nitrogens with two attached hydrogens (primary N) is 1. The van der Waals surface area contributed by atoms with Gasteiger partial charge in [0.2, 0.25) is 11.8 Å². The molecule has 0 amide bonds. The molecular weight excluding hydrogens is 310 g/mol. The first-order valence-electron chi connectivity index (χ1n) is 8.05. The Bertz CT molecular complexity index is 769. The van der Waals surface area contributed by atoms with E-state index in [0.717, 1.165) is 31.5 Å². The van der Waals surface area contributed by atoms with Crippen molar-refractivity contribution in [2.45, 2.75) is 24.7 Å². The zero-order valence-corrected chi connectivity index (χ0v) is 13.5. The minimum atomic E-state index is -0.556. The lowest BCUT2D eigenvalue weighted by Gasteiger charge is -2.54. The number of aromatic amines is 1. The molecular formula is C16H19N5O3. The Kier molecular flexibility index (Phi) is 3.28. The SMILES string of the molecule is COC(=O)Cc1[nH]nc2c1C1(CN3CCC1CC3)C(C#N)=C(N)O2. The fraction of sp³-hybridized carbons (Fsp3) is 0.562. The normalized spacial score (nSPS) is 30.7. The van der Waals surface area contributed by atoms with Crippen LogP contribution in [0.3, 0.4) is 0 Å². The number of rotatable bonds is 2. The number of piperidine rings is 3. The van der Waals surface area contributed by atoms with E-state index in [4.69, 9.17) is 15.2 Å². The molecule has 0 radical (unpaired) electrons. The molecule has 1 aromatic heterocycles. The fourth-order valence-corrected chi connectivity index (χ4v) is 4.52. The van der Waals surface area contributed by atoms with Crippen LogP contribution in [0.1, 0.15) is 24.1 Å². The summed E-state index contributed by atoms with van der Waals surface area (Å²) in [5.41, 5.74) is 7.39. The largest absolute Gasteiger partial charge is 0.469 e. The summed E-state index contributed by atoms with van der Waals surface area (Å²) in [4.78, 5) is 14.1. The molecule has 5 heterocycles. The number of H-pyrrole nitrogens is 1. The first kappa shape index (κ1) is 15.0. The fourth-order valence-electron chi connectivity index (χ4n) is 4.52. The molecule has 5 rings (SSSR count). The molecule has 4 aliphatic rings. The summed E-state index contributed by atoms with van der Waals surface area (Å²) < 4.78 is 10.4. The van der Waals surface area contributed by atoms with Gasteiger partial charge in [-0.1, -0.05) is 0 Å². The maximum absolute atomic E-state index is 11.8. The monoisotopic (exact) mass is 329 g/mol. The Morgan fingerprint density at radius 2 is 2.33 bits per heavy atom. The zero-order valence-electron chi connectivity index (χ0n) is 13.5. The van der Waals surface area contributed by atoms with Crippen molar-refractivity contribution >= 4 is 5.97 Å². The molecule has 24 heavy (non-hydrogen) atoms. The van der Waals surface area contributed by atoms with Crippen molar-refractivity contribution in [1.29, 1.82) is 5.26 Å². The van der Waals surface area contributed by atoms with Crippen LogP contribution in [-0.4, -0.2) is 47.8 Å². The second-order valence-corrected chi connectivity index (χ2v) is 6.61. The Labute approximate surface area is 139 Å². The molecule has 0 saturated carbocycles. The predicted octanol–water partition coefficient (Wildman–Crippen LogP) is 0.175. The molecule has 0 aliphatic carbocycles. The van der Waals surface area contributed by atoms with Crippen LogP contribution in [0.4, 0.5) is 0 Å². The maximum atomic E-state index is 11.8. The van der Waals surface area contributed by atoms with Gasteiger partial charge in [-0.15, -0.1) is 5.10 Å². The van der Waals surface area contributed by atoms with Crippen molar-refractivity contribution in [2.75, 3.05) is 26.7 Å². The number of nitrogens with zero attached hydrogens (tertiary/aromatic N) is 3. The van der Waals surface area contributed by atoms with Gasteiger partial charge in [-0.2, -0.15) is 5.26 Å². The lowest BCUT2D eigenvalue weighted by atomic mass is 9.58. The minimum absolute atomic E-state index is 0.0648. The van der Waals surface area contributed by atoms with Crippen LogP contribution < -0.4 is 10.5 Å². The number of hydrogen-bond donors (Lipinski definition) is 2. The summed E-state index contributed by atoms with van der Waals surface area (Å²) in [5, 5.41) is 16.9. The number of hydrogen-bond acceptors (Lipinski definition) is 7. The molecule has 3 fully saturated rings. The minimum Gasteiger partial charge on any atom is -0.469 e. The lowest BCUT2D eigenvalue weighted by molar-refractivity contribution is -0.139. The highest BCUT2D eigenvalue weighted by Crippen LogP contribution is 2.54. The quantitative estimate of drug-likeness (QED) is 0.743. The molecule has 8 nitrogen and oxygen atoms in total. The van der Waals surface area contributed by atoms with Crippen molar-refractivity contribution < 1.29 is 14.3 Å². The number of methoxy groups -OCH3 is 1. The number of carbonyl (C=O) groups is 1. The Morgan fingerprint density at radius 3 is 2.92 bits per heavy atom. The second kappa shape index (κ2) is 5.24. The standard InChI is InChI=1S/C16H19N5O3/c1-23-12(22)6-11-13-15(20-19-11)24-14(18)10(7-17)16(13)8-21-4-2-9(16)3-5-21/h9H,2-6,8,18H2,1H3,(H,19,20). The molecule has 4 aliphatic heterocycles. The van der Waals surface area contributed by atoms with Crippen molar-refractivity contribution in [1.82, 2.24) is 15.1 Å². The van der Waals surface area contributed by atoms with Crippen LogP contribution in [0, 0.1) is 17.2 Å². The third-order valence-corrected chi connectivity index (χ3v) is 5.57. The van der Waals surface area contributed by atoms with E-state index in [1.807, 2.05) is 0 Å². The van der Waals surface area contributed by atoms with E-state index in [-0.39, 0.29) is 24.2 Å². The van der Waals surface area contributed by atoms with Crippen molar-refractivity contribution in [3.05, 3.63) is 22.7 Å². The van der Waals surface area contributed by atoms with Crippen molar-refractivity contribution in [3.63, 3.8) is 0 Å². The lowest BCUT2D eigenvalue weighted by Crippen LogP contribution is -2.59. The average Bonchev–Trinajstić information content (AvgIpc) is 2.99. The smallest absolute Gasteiger partial charge is 0.311 e. The number of ether oxygens (including phenoxy) is 2. The Hall–Kier alpha value is -2.53. The van der Waals surface area contributed by atoms with Gasteiger partial charge < -0.3 is 20.1 Å². The molecule has 1 unspecified atom stereocenters.